The summed E-state index contributed by atoms with van der Waals surface area (Å²) >= 11 is 1.68. The largest absolute Gasteiger partial charge is 1.00 e. The first kappa shape index (κ1) is 22.8. The molecule has 4 rings (SSSR count). The van der Waals surface area contributed by atoms with Crippen LogP contribution in [0.1, 0.15) is 24.8 Å². The highest BCUT2D eigenvalue weighted by Gasteiger charge is 2.12. The van der Waals surface area contributed by atoms with E-state index in [0.717, 1.165) is 24.3 Å². The van der Waals surface area contributed by atoms with Gasteiger partial charge in [-0.25, -0.2) is 4.39 Å². The Bertz CT molecular complexity index is 1070. The second kappa shape index (κ2) is 11.5. The summed E-state index contributed by atoms with van der Waals surface area (Å²) in [6.07, 6.45) is 6.96. The average Bonchev–Trinajstić information content (AvgIpc) is 2.76. The highest BCUT2D eigenvalue weighted by atomic mass is 127. The fourth-order valence-electron chi connectivity index (χ4n) is 3.60. The fourth-order valence-corrected chi connectivity index (χ4v) is 4.51. The first-order chi connectivity index (χ1) is 14.3. The van der Waals surface area contributed by atoms with Crippen LogP contribution in [-0.2, 0) is 13.0 Å². The van der Waals surface area contributed by atoms with Gasteiger partial charge in [0.25, 0.3) is 0 Å². The molecule has 154 valence electrons. The van der Waals surface area contributed by atoms with Crippen LogP contribution in [0.15, 0.2) is 101 Å². The number of rotatable bonds is 8. The molecule has 0 unspecified atom stereocenters. The van der Waals surface area contributed by atoms with Gasteiger partial charge in [-0.05, 0) is 61.2 Å². The van der Waals surface area contributed by atoms with Crippen molar-refractivity contribution in [1.29, 1.82) is 0 Å². The minimum Gasteiger partial charge on any atom is -1.00 e. The number of benzene rings is 3. The van der Waals surface area contributed by atoms with Crippen molar-refractivity contribution in [1.82, 2.24) is 0 Å². The number of hydrogen-bond donors (Lipinski definition) is 0. The predicted molar refractivity (Wildman–Crippen MR) is 119 cm³/mol. The van der Waals surface area contributed by atoms with Crippen molar-refractivity contribution < 1.29 is 32.9 Å². The van der Waals surface area contributed by atoms with Gasteiger partial charge in [0.2, 0.25) is 5.52 Å². The molecule has 0 aliphatic carbocycles. The molecule has 1 aromatic heterocycles. The quantitative estimate of drug-likeness (QED) is 0.191. The van der Waals surface area contributed by atoms with Gasteiger partial charge in [0, 0.05) is 22.8 Å². The Morgan fingerprint density at radius 2 is 1.47 bits per heavy atom. The molecule has 0 amide bonds. The van der Waals surface area contributed by atoms with Gasteiger partial charge >= 0.3 is 0 Å². The van der Waals surface area contributed by atoms with Gasteiger partial charge in [-0.3, -0.25) is 0 Å². The van der Waals surface area contributed by atoms with Gasteiger partial charge in [-0.2, -0.15) is 4.57 Å². The summed E-state index contributed by atoms with van der Waals surface area (Å²) < 4.78 is 15.6. The number of unbranched alkanes of at least 4 members (excludes halogenated alkanes) is 2. The molecule has 30 heavy (non-hydrogen) atoms. The summed E-state index contributed by atoms with van der Waals surface area (Å²) in [6.45, 7) is 1.01. The van der Waals surface area contributed by atoms with Crippen molar-refractivity contribution in [3.05, 3.63) is 103 Å². The number of aromatic nitrogens is 1. The smallest absolute Gasteiger partial charge is 0.212 e. The molecule has 0 aliphatic heterocycles. The van der Waals surface area contributed by atoms with Crippen LogP contribution in [0.25, 0.3) is 10.9 Å². The maximum Gasteiger partial charge on any atom is 0.212 e. The summed E-state index contributed by atoms with van der Waals surface area (Å²) in [5, 5.41) is 1.24. The molecular formula is C26H25FINS. The molecule has 0 N–H and O–H groups in total. The van der Waals surface area contributed by atoms with Crippen LogP contribution in [-0.4, -0.2) is 0 Å². The number of para-hydroxylation sites is 1. The number of hydrogen-bond acceptors (Lipinski definition) is 1. The highest BCUT2D eigenvalue weighted by molar-refractivity contribution is 7.99. The maximum absolute atomic E-state index is 13.2. The number of halogens is 2. The Morgan fingerprint density at radius 3 is 2.27 bits per heavy atom. The van der Waals surface area contributed by atoms with Crippen LogP contribution in [0.4, 0.5) is 4.39 Å². The third-order valence-corrected chi connectivity index (χ3v) is 6.05. The fraction of sp³-hybridized carbons (Fsp3) is 0.192. The van der Waals surface area contributed by atoms with E-state index in [1.165, 1.54) is 46.3 Å². The minimum atomic E-state index is -0.196. The Kier molecular flexibility index (Phi) is 8.70. The van der Waals surface area contributed by atoms with Crippen molar-refractivity contribution in [3.63, 3.8) is 0 Å². The predicted octanol–water partition coefficient (Wildman–Crippen LogP) is 3.83. The monoisotopic (exact) mass is 529 g/mol. The zero-order valence-corrected chi connectivity index (χ0v) is 19.8. The third kappa shape index (κ3) is 6.29. The molecule has 0 spiro atoms. The van der Waals surface area contributed by atoms with Crippen LogP contribution in [0.2, 0.25) is 0 Å². The van der Waals surface area contributed by atoms with Gasteiger partial charge < -0.3 is 24.0 Å². The average molecular weight is 529 g/mol. The molecule has 0 bridgehead atoms. The molecule has 0 saturated carbocycles. The van der Waals surface area contributed by atoms with Crippen LogP contribution >= 0.6 is 11.8 Å². The lowest BCUT2D eigenvalue weighted by Gasteiger charge is -2.06. The van der Waals surface area contributed by atoms with E-state index >= 15 is 0 Å². The van der Waals surface area contributed by atoms with E-state index in [0.29, 0.717) is 0 Å². The van der Waals surface area contributed by atoms with Crippen LogP contribution < -0.4 is 28.5 Å². The van der Waals surface area contributed by atoms with E-state index in [-0.39, 0.29) is 29.8 Å². The molecule has 4 aromatic rings. The summed E-state index contributed by atoms with van der Waals surface area (Å²) in [7, 11) is 0. The Morgan fingerprint density at radius 1 is 0.733 bits per heavy atom. The van der Waals surface area contributed by atoms with Crippen molar-refractivity contribution in [2.75, 3.05) is 0 Å². The van der Waals surface area contributed by atoms with Gasteiger partial charge in [0.1, 0.15) is 12.4 Å². The molecule has 1 heterocycles. The van der Waals surface area contributed by atoms with Crippen LogP contribution in [0.5, 0.6) is 0 Å². The maximum atomic E-state index is 13.2. The van der Waals surface area contributed by atoms with Gasteiger partial charge in [-0.1, -0.05) is 54.2 Å². The van der Waals surface area contributed by atoms with E-state index in [1.54, 1.807) is 11.8 Å². The van der Waals surface area contributed by atoms with E-state index in [4.69, 9.17) is 0 Å². The molecule has 0 aliphatic rings. The van der Waals surface area contributed by atoms with E-state index in [2.05, 4.69) is 71.4 Å². The molecule has 1 nitrogen and oxygen atoms in total. The van der Waals surface area contributed by atoms with Crippen molar-refractivity contribution >= 4 is 22.7 Å². The topological polar surface area (TPSA) is 3.88 Å². The lowest BCUT2D eigenvalue weighted by molar-refractivity contribution is -0.673. The molecule has 0 radical (unpaired) electrons. The third-order valence-electron chi connectivity index (χ3n) is 5.08. The zero-order chi connectivity index (χ0) is 19.9. The molecule has 4 heteroatoms. The van der Waals surface area contributed by atoms with Gasteiger partial charge in [-0.15, -0.1) is 0 Å². The Labute approximate surface area is 199 Å². The molecule has 0 fully saturated rings. The second-order valence-corrected chi connectivity index (χ2v) is 8.43. The Hall–Kier alpha value is -1.92. The van der Waals surface area contributed by atoms with Crippen molar-refractivity contribution in [2.24, 2.45) is 0 Å². The second-order valence-electron chi connectivity index (χ2n) is 7.28. The summed E-state index contributed by atoms with van der Waals surface area (Å²) in [5.41, 5.74) is 2.68. The SMILES string of the molecule is Fc1ccc(Sc2cc3ccccc3[n+](CCCCCc3ccccc3)c2)cc1.[I-]. The van der Waals surface area contributed by atoms with Gasteiger partial charge in [0.05, 0.1) is 4.90 Å². The van der Waals surface area contributed by atoms with Crippen molar-refractivity contribution in [3.8, 4) is 0 Å². The summed E-state index contributed by atoms with van der Waals surface area (Å²) in [5.74, 6) is -0.196. The number of fused-ring (bicyclic) bond motifs is 1. The lowest BCUT2D eigenvalue weighted by Crippen LogP contribution is -3.00. The Balaban J connectivity index is 0.00000256. The molecular weight excluding hydrogens is 504 g/mol. The summed E-state index contributed by atoms with van der Waals surface area (Å²) in [4.78, 5) is 2.23. The normalized spacial score (nSPS) is 10.7. The standard InChI is InChI=1S/C26H25FNS.HI/c27-23-14-16-24(17-15-23)29-25-19-22-12-6-7-13-26(22)28(20-25)18-8-2-5-11-21-9-3-1-4-10-21;/h1,3-4,6-7,9-10,12-17,19-20H,2,5,8,11,18H2;1H/q+1;/p-1. The highest BCUT2D eigenvalue weighted by Crippen LogP contribution is 2.28. The molecule has 0 saturated heterocycles. The van der Waals surface area contributed by atoms with E-state index in [1.807, 2.05) is 12.1 Å². The van der Waals surface area contributed by atoms with Crippen LogP contribution in [0.3, 0.4) is 0 Å². The number of aryl methyl sites for hydroxylation is 2. The molecule has 3 aromatic carbocycles. The van der Waals surface area contributed by atoms with E-state index in [9.17, 15) is 4.39 Å². The first-order valence-corrected chi connectivity index (χ1v) is 11.0. The van der Waals surface area contributed by atoms with Crippen LogP contribution in [0, 0.1) is 5.82 Å². The van der Waals surface area contributed by atoms with Crippen molar-refractivity contribution in [2.45, 2.75) is 42.0 Å². The summed E-state index contributed by atoms with van der Waals surface area (Å²) in [6, 6.07) is 28.2. The van der Waals surface area contributed by atoms with Gasteiger partial charge in [0.15, 0.2) is 6.20 Å². The first-order valence-electron chi connectivity index (χ1n) is 10.2. The zero-order valence-electron chi connectivity index (χ0n) is 16.8. The minimum absolute atomic E-state index is 0. The number of nitrogens with zero attached hydrogens (tertiary/aromatic N) is 1. The lowest BCUT2D eigenvalue weighted by atomic mass is 10.1. The molecule has 0 atom stereocenters. The number of pyridine rings is 1. The van der Waals surface area contributed by atoms with E-state index < -0.39 is 0 Å².